The highest BCUT2D eigenvalue weighted by atomic mass is 32.2. The van der Waals surface area contributed by atoms with Gasteiger partial charge in [0.1, 0.15) is 11.5 Å². The van der Waals surface area contributed by atoms with Gasteiger partial charge >= 0.3 is 0 Å². The number of carbonyl (C=O) groups is 1. The van der Waals surface area contributed by atoms with E-state index in [2.05, 4.69) is 27.7 Å². The van der Waals surface area contributed by atoms with Crippen LogP contribution in [0.3, 0.4) is 0 Å². The number of fused-ring (bicyclic) bond motifs is 1. The average Bonchev–Trinajstić information content (AvgIpc) is 3.53. The van der Waals surface area contributed by atoms with Gasteiger partial charge in [-0.2, -0.15) is 0 Å². The number of nitrogens with zero attached hydrogens (tertiary/aromatic N) is 4. The Bertz CT molecular complexity index is 1910. The van der Waals surface area contributed by atoms with E-state index in [0.717, 1.165) is 23.7 Å². The Balaban J connectivity index is 1.30. The minimum atomic E-state index is -3.24. The van der Waals surface area contributed by atoms with Gasteiger partial charge in [0.15, 0.2) is 11.6 Å². The lowest BCUT2D eigenvalue weighted by atomic mass is 10.0. The SMILES string of the molecule is COc1cc(Nc2nc3ccccc3nc2N(c2cccc(NC(=O)CN3CCCC3c3ccccc3)c2)[SH](=O)=O)cc(OC)c1. The van der Waals surface area contributed by atoms with E-state index in [-0.39, 0.29) is 35.8 Å². The molecule has 5 aromatic rings. The van der Waals surface area contributed by atoms with E-state index in [1.807, 2.05) is 24.3 Å². The first kappa shape index (κ1) is 30.8. The first-order chi connectivity index (χ1) is 22.4. The molecule has 1 aliphatic heterocycles. The summed E-state index contributed by atoms with van der Waals surface area (Å²) in [4.78, 5) is 24.8. The number of nitrogens with one attached hydrogen (secondary N) is 2. The summed E-state index contributed by atoms with van der Waals surface area (Å²) in [5.74, 6) is 1.15. The van der Waals surface area contributed by atoms with E-state index >= 15 is 0 Å². The molecule has 46 heavy (non-hydrogen) atoms. The van der Waals surface area contributed by atoms with Crippen molar-refractivity contribution in [3.8, 4) is 11.5 Å². The Hall–Kier alpha value is -5.20. The first-order valence-corrected chi connectivity index (χ1v) is 15.9. The number of methoxy groups -OCH3 is 2. The maximum Gasteiger partial charge on any atom is 0.238 e. The number of thiol groups is 1. The minimum absolute atomic E-state index is 0.0582. The fraction of sp³-hybridized carbons (Fsp3) is 0.206. The van der Waals surface area contributed by atoms with Crippen LogP contribution in [0, 0.1) is 0 Å². The molecule has 12 heteroatoms. The Labute approximate surface area is 268 Å². The topological polar surface area (TPSA) is 126 Å². The van der Waals surface area contributed by atoms with Gasteiger partial charge in [0.2, 0.25) is 16.8 Å². The van der Waals surface area contributed by atoms with E-state index < -0.39 is 10.9 Å². The van der Waals surface area contributed by atoms with Gasteiger partial charge < -0.3 is 20.1 Å². The normalized spacial score (nSPS) is 14.7. The van der Waals surface area contributed by atoms with Crippen LogP contribution < -0.4 is 24.4 Å². The van der Waals surface area contributed by atoms with E-state index in [9.17, 15) is 13.2 Å². The molecule has 1 saturated heterocycles. The second-order valence-corrected chi connectivity index (χ2v) is 11.7. The van der Waals surface area contributed by atoms with E-state index in [0.29, 0.717) is 33.9 Å². The zero-order valence-corrected chi connectivity index (χ0v) is 26.3. The van der Waals surface area contributed by atoms with Crippen molar-refractivity contribution in [1.29, 1.82) is 0 Å². The third-order valence-corrected chi connectivity index (χ3v) is 8.55. The number of rotatable bonds is 11. The third-order valence-electron chi connectivity index (χ3n) is 7.80. The zero-order chi connectivity index (χ0) is 32.0. The molecule has 1 unspecified atom stereocenters. The van der Waals surface area contributed by atoms with Crippen molar-refractivity contribution in [3.05, 3.63) is 103 Å². The number of anilines is 5. The molecule has 11 nitrogen and oxygen atoms in total. The van der Waals surface area contributed by atoms with E-state index in [1.165, 1.54) is 5.56 Å². The van der Waals surface area contributed by atoms with Crippen LogP contribution in [0.15, 0.2) is 97.1 Å². The molecule has 1 aliphatic rings. The summed E-state index contributed by atoms with van der Waals surface area (Å²) in [5.41, 5.74) is 3.57. The lowest BCUT2D eigenvalue weighted by molar-refractivity contribution is -0.117. The van der Waals surface area contributed by atoms with Crippen LogP contribution in [0.2, 0.25) is 0 Å². The van der Waals surface area contributed by atoms with Gasteiger partial charge in [-0.3, -0.25) is 9.69 Å². The van der Waals surface area contributed by atoms with Crippen LogP contribution in [0.5, 0.6) is 11.5 Å². The number of aromatic nitrogens is 2. The minimum Gasteiger partial charge on any atom is -0.497 e. The van der Waals surface area contributed by atoms with Gasteiger partial charge in [0, 0.05) is 35.6 Å². The third kappa shape index (κ3) is 6.87. The summed E-state index contributed by atoms with van der Waals surface area (Å²) in [7, 11) is -0.149. The predicted molar refractivity (Wildman–Crippen MR) is 180 cm³/mol. The number of para-hydroxylation sites is 2. The summed E-state index contributed by atoms with van der Waals surface area (Å²) >= 11 is 0. The molecule has 6 rings (SSSR count). The largest absolute Gasteiger partial charge is 0.497 e. The van der Waals surface area contributed by atoms with Crippen LogP contribution in [0.25, 0.3) is 11.0 Å². The quantitative estimate of drug-likeness (QED) is 0.153. The number of likely N-dealkylation sites (tertiary alicyclic amines) is 1. The summed E-state index contributed by atoms with van der Waals surface area (Å²) < 4.78 is 37.7. The monoisotopic (exact) mass is 638 g/mol. The maximum absolute atomic E-state index is 13.2. The molecule has 0 saturated carbocycles. The van der Waals surface area contributed by atoms with Crippen molar-refractivity contribution < 1.29 is 22.7 Å². The maximum atomic E-state index is 13.2. The Kier molecular flexibility index (Phi) is 9.27. The Morgan fingerprint density at radius 1 is 0.870 bits per heavy atom. The second kappa shape index (κ2) is 13.8. The number of hydrogen-bond donors (Lipinski definition) is 3. The van der Waals surface area contributed by atoms with Gasteiger partial charge in [-0.25, -0.2) is 22.7 Å². The van der Waals surface area contributed by atoms with Crippen molar-refractivity contribution in [3.63, 3.8) is 0 Å². The van der Waals surface area contributed by atoms with Crippen LogP contribution in [0.1, 0.15) is 24.4 Å². The molecule has 236 valence electrons. The molecule has 0 aliphatic carbocycles. The van der Waals surface area contributed by atoms with Crippen LogP contribution >= 0.6 is 0 Å². The van der Waals surface area contributed by atoms with Crippen LogP contribution in [-0.2, 0) is 15.7 Å². The molecule has 0 radical (unpaired) electrons. The lowest BCUT2D eigenvalue weighted by Crippen LogP contribution is -2.33. The van der Waals surface area contributed by atoms with E-state index in [4.69, 9.17) is 19.4 Å². The Morgan fingerprint density at radius 3 is 2.26 bits per heavy atom. The lowest BCUT2D eigenvalue weighted by Gasteiger charge is -2.24. The first-order valence-electron chi connectivity index (χ1n) is 14.8. The molecule has 1 atom stereocenters. The molecule has 1 fully saturated rings. The predicted octanol–water partition coefficient (Wildman–Crippen LogP) is 5.83. The molecule has 2 N–H and O–H groups in total. The average molecular weight is 639 g/mol. The number of hydrogen-bond acceptors (Lipinski definition) is 9. The number of benzene rings is 4. The van der Waals surface area contributed by atoms with E-state index in [1.54, 1.807) is 74.9 Å². The standard InChI is InChI=1S/C34H34N6O5S/c1-44-27-19-25(20-28(21-27)45-2)36-33-34(38-30-15-7-6-14-29(30)37-33)40(46(42)43)26-13-8-12-24(18-26)35-32(41)22-39-17-9-16-31(39)23-10-4-3-5-11-23/h3-8,10-15,18-21,31,46H,9,16-17,22H2,1-2H3,(H,35,41)(H,36,37). The highest BCUT2D eigenvalue weighted by molar-refractivity contribution is 7.74. The molecular weight excluding hydrogens is 604 g/mol. The second-order valence-electron chi connectivity index (χ2n) is 10.8. The fourth-order valence-corrected chi connectivity index (χ4v) is 6.31. The van der Waals surface area contributed by atoms with Crippen molar-refractivity contribution in [2.24, 2.45) is 0 Å². The van der Waals surface area contributed by atoms with Crippen LogP contribution in [-0.4, -0.2) is 56.5 Å². The summed E-state index contributed by atoms with van der Waals surface area (Å²) in [6.45, 7) is 1.05. The molecule has 4 aromatic carbocycles. The van der Waals surface area contributed by atoms with Crippen LogP contribution in [0.4, 0.5) is 28.7 Å². The summed E-state index contributed by atoms with van der Waals surface area (Å²) in [5, 5.41) is 6.16. The van der Waals surface area contributed by atoms with Gasteiger partial charge in [-0.15, -0.1) is 0 Å². The van der Waals surface area contributed by atoms with Crippen molar-refractivity contribution in [2.45, 2.75) is 18.9 Å². The molecule has 2 heterocycles. The zero-order valence-electron chi connectivity index (χ0n) is 25.4. The van der Waals surface area contributed by atoms with Crippen molar-refractivity contribution in [2.75, 3.05) is 42.2 Å². The fourth-order valence-electron chi connectivity index (χ4n) is 5.70. The van der Waals surface area contributed by atoms with Crippen molar-refractivity contribution in [1.82, 2.24) is 14.9 Å². The smallest absolute Gasteiger partial charge is 0.238 e. The van der Waals surface area contributed by atoms with Gasteiger partial charge in [0.25, 0.3) is 0 Å². The summed E-state index contributed by atoms with van der Waals surface area (Å²) in [6, 6.07) is 29.4. The van der Waals surface area contributed by atoms with Crippen molar-refractivity contribution >= 4 is 56.5 Å². The summed E-state index contributed by atoms with van der Waals surface area (Å²) in [6.07, 6.45) is 2.00. The molecule has 0 bridgehead atoms. The Morgan fingerprint density at radius 2 is 1.57 bits per heavy atom. The number of amides is 1. The van der Waals surface area contributed by atoms with Gasteiger partial charge in [-0.1, -0.05) is 48.5 Å². The molecule has 0 spiro atoms. The highest BCUT2D eigenvalue weighted by Crippen LogP contribution is 2.36. The number of ether oxygens (including phenoxy) is 2. The molecule has 1 amide bonds. The highest BCUT2D eigenvalue weighted by Gasteiger charge is 2.28. The molecular formula is C34H34N6O5S. The van der Waals surface area contributed by atoms with Gasteiger partial charge in [0.05, 0.1) is 37.5 Å². The van der Waals surface area contributed by atoms with Gasteiger partial charge in [-0.05, 0) is 55.3 Å². The molecule has 1 aromatic heterocycles. The number of carbonyl (C=O) groups excluding carboxylic acids is 1.